The first-order valence-corrected chi connectivity index (χ1v) is 6.97. The van der Waals surface area contributed by atoms with Gasteiger partial charge in [0, 0.05) is 24.1 Å². The van der Waals surface area contributed by atoms with Gasteiger partial charge in [-0.05, 0) is 24.1 Å². The first-order valence-electron chi connectivity index (χ1n) is 6.97. The summed E-state index contributed by atoms with van der Waals surface area (Å²) >= 11 is 0. The number of rotatable bonds is 1. The molecule has 0 spiro atoms. The van der Waals surface area contributed by atoms with Gasteiger partial charge in [0.2, 0.25) is 11.8 Å². The predicted molar refractivity (Wildman–Crippen MR) is 76.5 cm³/mol. The molecule has 0 saturated carbocycles. The van der Waals surface area contributed by atoms with E-state index in [4.69, 9.17) is 5.11 Å². The second-order valence-corrected chi connectivity index (χ2v) is 5.23. The summed E-state index contributed by atoms with van der Waals surface area (Å²) in [5.41, 5.74) is 2.00. The first-order chi connectivity index (χ1) is 10.6. The van der Waals surface area contributed by atoms with Crippen molar-refractivity contribution in [2.45, 2.75) is 25.4 Å². The van der Waals surface area contributed by atoms with E-state index < -0.39 is 11.9 Å². The van der Waals surface area contributed by atoms with E-state index in [0.29, 0.717) is 24.1 Å². The van der Waals surface area contributed by atoms with E-state index in [-0.39, 0.29) is 24.8 Å². The standard InChI is InChI=1S/C16H14N2O4/c19-7-1-2-10-3-4-11-9-18(16(22)12(11)8-10)13-5-6-14(20)17-15(13)21/h3-4,8,13,19H,5-7,9H2,(H,17,20,21). The van der Waals surface area contributed by atoms with Crippen molar-refractivity contribution in [3.05, 3.63) is 34.9 Å². The molecule has 1 fully saturated rings. The van der Waals surface area contributed by atoms with E-state index >= 15 is 0 Å². The van der Waals surface area contributed by atoms with E-state index in [0.717, 1.165) is 5.56 Å². The smallest absolute Gasteiger partial charge is 0.255 e. The molecule has 1 aromatic rings. The zero-order chi connectivity index (χ0) is 15.7. The van der Waals surface area contributed by atoms with Crippen LogP contribution in [0.4, 0.5) is 0 Å². The molecule has 6 nitrogen and oxygen atoms in total. The van der Waals surface area contributed by atoms with Crippen LogP contribution < -0.4 is 5.32 Å². The van der Waals surface area contributed by atoms with Gasteiger partial charge in [-0.15, -0.1) is 0 Å². The van der Waals surface area contributed by atoms with Crippen LogP contribution in [0.5, 0.6) is 0 Å². The second-order valence-electron chi connectivity index (χ2n) is 5.23. The Bertz CT molecular complexity index is 729. The highest BCUT2D eigenvalue weighted by Crippen LogP contribution is 2.27. The number of nitrogens with one attached hydrogen (secondary N) is 1. The van der Waals surface area contributed by atoms with Gasteiger partial charge >= 0.3 is 0 Å². The summed E-state index contributed by atoms with van der Waals surface area (Å²) in [6.07, 6.45) is 0.589. The molecule has 2 heterocycles. The summed E-state index contributed by atoms with van der Waals surface area (Å²) < 4.78 is 0. The highest BCUT2D eigenvalue weighted by atomic mass is 16.2. The summed E-state index contributed by atoms with van der Waals surface area (Å²) in [7, 11) is 0. The number of hydrogen-bond donors (Lipinski definition) is 2. The summed E-state index contributed by atoms with van der Waals surface area (Å²) in [6.45, 7) is 0.113. The number of hydrogen-bond acceptors (Lipinski definition) is 4. The fourth-order valence-corrected chi connectivity index (χ4v) is 2.77. The second kappa shape index (κ2) is 5.62. The number of amides is 3. The maximum atomic E-state index is 12.5. The third-order valence-electron chi connectivity index (χ3n) is 3.84. The van der Waals surface area contributed by atoms with Gasteiger partial charge in [-0.2, -0.15) is 0 Å². The van der Waals surface area contributed by atoms with Crippen molar-refractivity contribution in [3.8, 4) is 11.8 Å². The number of fused-ring (bicyclic) bond motifs is 1. The molecule has 2 aliphatic rings. The van der Waals surface area contributed by atoms with Crippen molar-refractivity contribution in [3.63, 3.8) is 0 Å². The Hall–Kier alpha value is -2.65. The molecule has 2 N–H and O–H groups in total. The van der Waals surface area contributed by atoms with Crippen LogP contribution in [0.15, 0.2) is 18.2 Å². The van der Waals surface area contributed by atoms with E-state index in [1.54, 1.807) is 18.2 Å². The molecule has 1 aromatic carbocycles. The molecular formula is C16H14N2O4. The lowest BCUT2D eigenvalue weighted by Crippen LogP contribution is -2.52. The van der Waals surface area contributed by atoms with Crippen molar-refractivity contribution < 1.29 is 19.5 Å². The number of carbonyl (C=O) groups is 3. The number of nitrogens with zero attached hydrogens (tertiary/aromatic N) is 1. The minimum absolute atomic E-state index is 0.225. The van der Waals surface area contributed by atoms with E-state index in [9.17, 15) is 14.4 Å². The molecule has 1 saturated heterocycles. The Morgan fingerprint density at radius 1 is 1.32 bits per heavy atom. The number of aliphatic hydroxyl groups excluding tert-OH is 1. The Kier molecular flexibility index (Phi) is 3.65. The van der Waals surface area contributed by atoms with Gasteiger partial charge in [0.15, 0.2) is 0 Å². The molecule has 112 valence electrons. The minimum atomic E-state index is -0.607. The summed E-state index contributed by atoms with van der Waals surface area (Å²) in [4.78, 5) is 37.1. The molecule has 3 rings (SSSR count). The lowest BCUT2D eigenvalue weighted by Gasteiger charge is -2.29. The predicted octanol–water partition coefficient (Wildman–Crippen LogP) is -0.209. The van der Waals surface area contributed by atoms with Crippen molar-refractivity contribution in [2.24, 2.45) is 0 Å². The van der Waals surface area contributed by atoms with E-state index in [1.807, 2.05) is 0 Å². The number of piperidine rings is 1. The SMILES string of the molecule is O=C1CCC(N2Cc3ccc(C#CCO)cc3C2=O)C(=O)N1. The maximum absolute atomic E-state index is 12.5. The van der Waals surface area contributed by atoms with Gasteiger partial charge in [-0.25, -0.2) is 0 Å². The van der Waals surface area contributed by atoms with Crippen molar-refractivity contribution in [2.75, 3.05) is 6.61 Å². The fourth-order valence-electron chi connectivity index (χ4n) is 2.77. The molecule has 3 amide bonds. The first kappa shape index (κ1) is 14.3. The van der Waals surface area contributed by atoms with Crippen LogP contribution in [0.2, 0.25) is 0 Å². The summed E-state index contributed by atoms with van der Waals surface area (Å²) in [5, 5.41) is 11.0. The number of imide groups is 1. The largest absolute Gasteiger partial charge is 0.384 e. The Morgan fingerprint density at radius 3 is 2.86 bits per heavy atom. The minimum Gasteiger partial charge on any atom is -0.384 e. The van der Waals surface area contributed by atoms with Crippen LogP contribution in [-0.2, 0) is 16.1 Å². The normalized spacial score (nSPS) is 20.3. The highest BCUT2D eigenvalue weighted by molar-refractivity contribution is 6.05. The Balaban J connectivity index is 1.85. The monoisotopic (exact) mass is 298 g/mol. The molecule has 2 aliphatic heterocycles. The third kappa shape index (κ3) is 2.47. The molecule has 6 heteroatoms. The van der Waals surface area contributed by atoms with Crippen LogP contribution in [0, 0.1) is 11.8 Å². The zero-order valence-corrected chi connectivity index (χ0v) is 11.8. The molecule has 0 aliphatic carbocycles. The molecule has 0 radical (unpaired) electrons. The van der Waals surface area contributed by atoms with Crippen LogP contribution in [0.25, 0.3) is 0 Å². The maximum Gasteiger partial charge on any atom is 0.255 e. The van der Waals surface area contributed by atoms with Gasteiger partial charge < -0.3 is 10.0 Å². The van der Waals surface area contributed by atoms with Crippen molar-refractivity contribution in [1.82, 2.24) is 10.2 Å². The third-order valence-corrected chi connectivity index (χ3v) is 3.84. The van der Waals surface area contributed by atoms with Gasteiger partial charge in [-0.3, -0.25) is 19.7 Å². The van der Waals surface area contributed by atoms with Gasteiger partial charge in [0.1, 0.15) is 12.6 Å². The average Bonchev–Trinajstić information content (AvgIpc) is 2.82. The Morgan fingerprint density at radius 2 is 2.14 bits per heavy atom. The zero-order valence-electron chi connectivity index (χ0n) is 11.8. The van der Waals surface area contributed by atoms with Crippen LogP contribution in [0.1, 0.15) is 34.3 Å². The molecule has 1 unspecified atom stereocenters. The van der Waals surface area contributed by atoms with Crippen molar-refractivity contribution >= 4 is 17.7 Å². The van der Waals surface area contributed by atoms with Crippen LogP contribution in [0.3, 0.4) is 0 Å². The average molecular weight is 298 g/mol. The van der Waals surface area contributed by atoms with Crippen LogP contribution in [-0.4, -0.2) is 40.4 Å². The molecular weight excluding hydrogens is 284 g/mol. The van der Waals surface area contributed by atoms with Gasteiger partial charge in [0.05, 0.1) is 0 Å². The number of benzene rings is 1. The highest BCUT2D eigenvalue weighted by Gasteiger charge is 2.38. The summed E-state index contributed by atoms with van der Waals surface area (Å²) in [6, 6.07) is 4.65. The molecule has 0 aromatic heterocycles. The van der Waals surface area contributed by atoms with Crippen LogP contribution >= 0.6 is 0 Å². The summed E-state index contributed by atoms with van der Waals surface area (Å²) in [5.74, 6) is 4.35. The molecule has 22 heavy (non-hydrogen) atoms. The lowest BCUT2D eigenvalue weighted by atomic mass is 10.0. The van der Waals surface area contributed by atoms with E-state index in [1.165, 1.54) is 4.90 Å². The number of carbonyl (C=O) groups excluding carboxylic acids is 3. The quantitative estimate of drug-likeness (QED) is 0.555. The number of aliphatic hydroxyl groups is 1. The van der Waals surface area contributed by atoms with Gasteiger partial charge in [-0.1, -0.05) is 17.9 Å². The lowest BCUT2D eigenvalue weighted by molar-refractivity contribution is -0.136. The fraction of sp³-hybridized carbons (Fsp3) is 0.312. The van der Waals surface area contributed by atoms with Crippen molar-refractivity contribution in [1.29, 1.82) is 0 Å². The molecule has 1 atom stereocenters. The van der Waals surface area contributed by atoms with Gasteiger partial charge in [0.25, 0.3) is 5.91 Å². The Labute approximate surface area is 127 Å². The topological polar surface area (TPSA) is 86.7 Å². The van der Waals surface area contributed by atoms with E-state index in [2.05, 4.69) is 17.2 Å². The molecule has 0 bridgehead atoms.